The average molecular weight is 287 g/mol. The summed E-state index contributed by atoms with van der Waals surface area (Å²) in [6.07, 6.45) is 5.15. The number of hydrogen-bond acceptors (Lipinski definition) is 3. The molecule has 0 N–H and O–H groups in total. The van der Waals surface area contributed by atoms with Crippen molar-refractivity contribution >= 4 is 5.78 Å². The number of fused-ring (bicyclic) bond motifs is 1. The molecule has 1 heterocycles. The summed E-state index contributed by atoms with van der Waals surface area (Å²) in [5.74, 6) is 1.74. The average Bonchev–Trinajstić information content (AvgIpc) is 2.61. The minimum Gasteiger partial charge on any atom is -0.490 e. The Morgan fingerprint density at radius 2 is 2.10 bits per heavy atom. The van der Waals surface area contributed by atoms with Gasteiger partial charge in [0.25, 0.3) is 0 Å². The lowest BCUT2D eigenvalue weighted by Crippen LogP contribution is -2.31. The van der Waals surface area contributed by atoms with Gasteiger partial charge >= 0.3 is 0 Å². The van der Waals surface area contributed by atoms with E-state index in [9.17, 15) is 4.79 Å². The summed E-state index contributed by atoms with van der Waals surface area (Å²) in [6.45, 7) is 4.50. The Kier molecular flexibility index (Phi) is 4.29. The zero-order valence-electron chi connectivity index (χ0n) is 13.1. The summed E-state index contributed by atoms with van der Waals surface area (Å²) in [4.78, 5) is 14.4. The van der Waals surface area contributed by atoms with Crippen LogP contribution >= 0.6 is 0 Å². The molecule has 1 aromatic rings. The van der Waals surface area contributed by atoms with Crippen molar-refractivity contribution in [3.05, 3.63) is 29.3 Å². The fraction of sp³-hybridized carbons (Fsp3) is 0.611. The van der Waals surface area contributed by atoms with Gasteiger partial charge in [-0.05, 0) is 45.3 Å². The van der Waals surface area contributed by atoms with Gasteiger partial charge in [-0.1, -0.05) is 19.1 Å². The van der Waals surface area contributed by atoms with Crippen LogP contribution in [-0.4, -0.2) is 36.9 Å². The van der Waals surface area contributed by atoms with E-state index in [-0.39, 0.29) is 11.9 Å². The Labute approximate surface area is 127 Å². The molecule has 1 aliphatic carbocycles. The predicted octanol–water partition coefficient (Wildman–Crippen LogP) is 3.31. The number of likely N-dealkylation sites (tertiary alicyclic amines) is 1. The van der Waals surface area contributed by atoms with Crippen molar-refractivity contribution in [1.82, 2.24) is 4.90 Å². The van der Waals surface area contributed by atoms with Crippen molar-refractivity contribution in [1.29, 1.82) is 0 Å². The van der Waals surface area contributed by atoms with Gasteiger partial charge in [-0.25, -0.2) is 0 Å². The summed E-state index contributed by atoms with van der Waals surface area (Å²) in [5.41, 5.74) is 2.02. The van der Waals surface area contributed by atoms with Crippen molar-refractivity contribution < 1.29 is 9.53 Å². The summed E-state index contributed by atoms with van der Waals surface area (Å²) in [5, 5.41) is 0. The zero-order valence-corrected chi connectivity index (χ0v) is 13.1. The number of benzene rings is 1. The first-order valence-corrected chi connectivity index (χ1v) is 8.15. The summed E-state index contributed by atoms with van der Waals surface area (Å²) in [7, 11) is 2.18. The van der Waals surface area contributed by atoms with E-state index in [4.69, 9.17) is 4.74 Å². The summed E-state index contributed by atoms with van der Waals surface area (Å²) >= 11 is 0. The number of carbonyl (C=O) groups excluding carboxylic acids is 1. The normalized spacial score (nSPS) is 27.0. The van der Waals surface area contributed by atoms with Gasteiger partial charge in [0.1, 0.15) is 11.9 Å². The van der Waals surface area contributed by atoms with Gasteiger partial charge in [0, 0.05) is 30.0 Å². The van der Waals surface area contributed by atoms with Gasteiger partial charge in [-0.3, -0.25) is 4.79 Å². The molecule has 3 heteroatoms. The molecule has 0 radical (unpaired) electrons. The van der Waals surface area contributed by atoms with Crippen molar-refractivity contribution in [3.8, 4) is 5.75 Å². The molecule has 0 aromatic heterocycles. The van der Waals surface area contributed by atoms with Gasteiger partial charge in [-0.15, -0.1) is 0 Å². The lowest BCUT2D eigenvalue weighted by atomic mass is 9.90. The first-order valence-electron chi connectivity index (χ1n) is 8.15. The molecule has 0 saturated carbocycles. The maximum Gasteiger partial charge on any atom is 0.163 e. The number of ketones is 1. The van der Waals surface area contributed by atoms with Crippen molar-refractivity contribution in [3.63, 3.8) is 0 Å². The Morgan fingerprint density at radius 1 is 1.24 bits per heavy atom. The first-order chi connectivity index (χ1) is 10.1. The molecule has 0 bridgehead atoms. The molecule has 1 fully saturated rings. The van der Waals surface area contributed by atoms with Crippen LogP contribution in [0.1, 0.15) is 48.5 Å². The van der Waals surface area contributed by atoms with Crippen LogP contribution in [0.5, 0.6) is 5.75 Å². The minimum atomic E-state index is 0.262. The highest BCUT2D eigenvalue weighted by Crippen LogP contribution is 2.32. The number of rotatable bonds is 2. The number of hydrogen-bond donors (Lipinski definition) is 0. The van der Waals surface area contributed by atoms with E-state index in [1.54, 1.807) is 0 Å². The van der Waals surface area contributed by atoms with E-state index in [1.807, 2.05) is 18.2 Å². The van der Waals surface area contributed by atoms with Crippen LogP contribution in [0.25, 0.3) is 0 Å². The van der Waals surface area contributed by atoms with Crippen LogP contribution < -0.4 is 4.74 Å². The number of carbonyl (C=O) groups is 1. The molecule has 1 aromatic carbocycles. The van der Waals surface area contributed by atoms with E-state index in [1.165, 1.54) is 6.42 Å². The quantitative estimate of drug-likeness (QED) is 0.835. The molecule has 3 nitrogen and oxygen atoms in total. The fourth-order valence-electron chi connectivity index (χ4n) is 3.64. The smallest absolute Gasteiger partial charge is 0.163 e. The summed E-state index contributed by atoms with van der Waals surface area (Å²) in [6, 6.07) is 5.96. The summed E-state index contributed by atoms with van der Waals surface area (Å²) < 4.78 is 6.36. The SMILES string of the molecule is CC1CN(C)CCCC1Oc1cccc2c1CCCC2=O. The van der Waals surface area contributed by atoms with Crippen LogP contribution in [0.15, 0.2) is 18.2 Å². The van der Waals surface area contributed by atoms with Crippen molar-refractivity contribution in [2.45, 2.75) is 45.1 Å². The van der Waals surface area contributed by atoms with E-state index < -0.39 is 0 Å². The Balaban J connectivity index is 1.81. The van der Waals surface area contributed by atoms with Crippen LogP contribution in [0, 0.1) is 5.92 Å². The third-order valence-corrected chi connectivity index (χ3v) is 4.81. The second-order valence-corrected chi connectivity index (χ2v) is 6.60. The van der Waals surface area contributed by atoms with Crippen molar-refractivity contribution in [2.24, 2.45) is 5.92 Å². The van der Waals surface area contributed by atoms with Crippen LogP contribution in [0.4, 0.5) is 0 Å². The van der Waals surface area contributed by atoms with Gasteiger partial charge in [0.05, 0.1) is 0 Å². The fourth-order valence-corrected chi connectivity index (χ4v) is 3.64. The predicted molar refractivity (Wildman–Crippen MR) is 84.0 cm³/mol. The molecular formula is C18H25NO2. The lowest BCUT2D eigenvalue weighted by molar-refractivity contribution is 0.0967. The van der Waals surface area contributed by atoms with Crippen LogP contribution in [0.2, 0.25) is 0 Å². The number of ether oxygens (including phenoxy) is 1. The molecule has 0 spiro atoms. The molecule has 1 aliphatic heterocycles. The molecule has 2 aliphatic rings. The van der Waals surface area contributed by atoms with E-state index >= 15 is 0 Å². The van der Waals surface area contributed by atoms with Crippen LogP contribution in [0.3, 0.4) is 0 Å². The maximum atomic E-state index is 12.0. The molecule has 114 valence electrons. The second-order valence-electron chi connectivity index (χ2n) is 6.60. The second kappa shape index (κ2) is 6.18. The third-order valence-electron chi connectivity index (χ3n) is 4.81. The minimum absolute atomic E-state index is 0.262. The van der Waals surface area contributed by atoms with Gasteiger partial charge in [-0.2, -0.15) is 0 Å². The molecule has 2 atom stereocenters. The van der Waals surface area contributed by atoms with Gasteiger partial charge in [0.15, 0.2) is 5.78 Å². The maximum absolute atomic E-state index is 12.0. The highest BCUT2D eigenvalue weighted by atomic mass is 16.5. The Hall–Kier alpha value is -1.35. The van der Waals surface area contributed by atoms with Crippen molar-refractivity contribution in [2.75, 3.05) is 20.1 Å². The van der Waals surface area contributed by atoms with Gasteiger partial charge < -0.3 is 9.64 Å². The molecular weight excluding hydrogens is 262 g/mol. The molecule has 0 amide bonds. The highest BCUT2D eigenvalue weighted by molar-refractivity contribution is 5.99. The lowest BCUT2D eigenvalue weighted by Gasteiger charge is -2.27. The molecule has 21 heavy (non-hydrogen) atoms. The molecule has 2 unspecified atom stereocenters. The third kappa shape index (κ3) is 3.13. The van der Waals surface area contributed by atoms with Crippen LogP contribution in [-0.2, 0) is 6.42 Å². The van der Waals surface area contributed by atoms with E-state index in [0.717, 1.165) is 49.2 Å². The zero-order chi connectivity index (χ0) is 14.8. The van der Waals surface area contributed by atoms with E-state index in [0.29, 0.717) is 12.3 Å². The first kappa shape index (κ1) is 14.6. The highest BCUT2D eigenvalue weighted by Gasteiger charge is 2.26. The van der Waals surface area contributed by atoms with Gasteiger partial charge in [0.2, 0.25) is 0 Å². The van der Waals surface area contributed by atoms with E-state index in [2.05, 4.69) is 18.9 Å². The number of nitrogens with zero attached hydrogens (tertiary/aromatic N) is 1. The number of Topliss-reactive ketones (excluding diaryl/α,β-unsaturated/α-hetero) is 1. The molecule has 1 saturated heterocycles. The molecule has 3 rings (SSSR count). The Bertz CT molecular complexity index is 526. The topological polar surface area (TPSA) is 29.5 Å². The standard InChI is InChI=1S/C18H25NO2/c1-13-12-19(2)11-5-10-17(13)21-18-9-4-6-14-15(18)7-3-8-16(14)20/h4,6,9,13,17H,3,5,7-8,10-12H2,1-2H3. The largest absolute Gasteiger partial charge is 0.490 e. The Morgan fingerprint density at radius 3 is 2.95 bits per heavy atom. The monoisotopic (exact) mass is 287 g/mol.